The molecule has 19 heavy (non-hydrogen) atoms. The van der Waals surface area contributed by atoms with Crippen molar-refractivity contribution in [3.63, 3.8) is 0 Å². The van der Waals surface area contributed by atoms with Crippen LogP contribution >= 0.6 is 0 Å². The number of ether oxygens (including phenoxy) is 2. The summed E-state index contributed by atoms with van der Waals surface area (Å²) in [6, 6.07) is 5.92. The predicted octanol–water partition coefficient (Wildman–Crippen LogP) is 2.78. The molecule has 0 radical (unpaired) electrons. The van der Waals surface area contributed by atoms with Gasteiger partial charge in [-0.1, -0.05) is 12.8 Å². The van der Waals surface area contributed by atoms with Gasteiger partial charge in [0.2, 0.25) is 6.41 Å². The molecule has 0 N–H and O–H groups in total. The van der Waals surface area contributed by atoms with Gasteiger partial charge in [0.15, 0.2) is 0 Å². The van der Waals surface area contributed by atoms with Gasteiger partial charge in [-0.3, -0.25) is 4.79 Å². The first-order valence-corrected chi connectivity index (χ1v) is 6.73. The maximum Gasteiger partial charge on any atom is 0.210 e. The summed E-state index contributed by atoms with van der Waals surface area (Å²) in [5.74, 6) is 1.56. The van der Waals surface area contributed by atoms with Crippen LogP contribution in [0.5, 0.6) is 11.5 Å². The SMILES string of the molecule is COc1ccc([C@@H]2CCCCCN2C=O)c(OC)c1. The van der Waals surface area contributed by atoms with Gasteiger partial charge >= 0.3 is 0 Å². The van der Waals surface area contributed by atoms with Gasteiger partial charge in [-0.2, -0.15) is 0 Å². The highest BCUT2D eigenvalue weighted by molar-refractivity contribution is 5.51. The van der Waals surface area contributed by atoms with E-state index in [2.05, 4.69) is 0 Å². The van der Waals surface area contributed by atoms with Crippen molar-refractivity contribution in [2.45, 2.75) is 31.7 Å². The molecule has 2 rings (SSSR count). The van der Waals surface area contributed by atoms with Gasteiger partial charge in [-0.25, -0.2) is 0 Å². The average Bonchev–Trinajstić information content (AvgIpc) is 2.71. The minimum absolute atomic E-state index is 0.112. The largest absolute Gasteiger partial charge is 0.497 e. The Bertz CT molecular complexity index is 433. The first-order valence-electron chi connectivity index (χ1n) is 6.73. The Labute approximate surface area is 114 Å². The van der Waals surface area contributed by atoms with Crippen molar-refractivity contribution in [3.8, 4) is 11.5 Å². The lowest BCUT2D eigenvalue weighted by atomic mass is 10.00. The second kappa shape index (κ2) is 6.45. The molecule has 0 aliphatic carbocycles. The maximum absolute atomic E-state index is 11.3. The molecule has 1 aromatic carbocycles. The summed E-state index contributed by atoms with van der Waals surface area (Å²) in [6.07, 6.45) is 5.35. The van der Waals surface area contributed by atoms with Crippen molar-refractivity contribution >= 4 is 6.41 Å². The molecule has 0 spiro atoms. The lowest BCUT2D eigenvalue weighted by molar-refractivity contribution is -0.120. The molecule has 1 amide bonds. The second-order valence-corrected chi connectivity index (χ2v) is 4.82. The molecule has 1 aromatic rings. The average molecular weight is 263 g/mol. The minimum Gasteiger partial charge on any atom is -0.497 e. The number of rotatable bonds is 4. The number of nitrogens with zero attached hydrogens (tertiary/aromatic N) is 1. The smallest absolute Gasteiger partial charge is 0.210 e. The summed E-state index contributed by atoms with van der Waals surface area (Å²) >= 11 is 0. The number of carbonyl (C=O) groups is 1. The summed E-state index contributed by atoms with van der Waals surface area (Å²) in [4.78, 5) is 13.2. The number of hydrogen-bond acceptors (Lipinski definition) is 3. The van der Waals surface area contributed by atoms with Crippen molar-refractivity contribution in [1.29, 1.82) is 0 Å². The topological polar surface area (TPSA) is 38.8 Å². The highest BCUT2D eigenvalue weighted by Gasteiger charge is 2.24. The van der Waals surface area contributed by atoms with Crippen molar-refractivity contribution in [3.05, 3.63) is 23.8 Å². The van der Waals surface area contributed by atoms with E-state index < -0.39 is 0 Å². The highest BCUT2D eigenvalue weighted by atomic mass is 16.5. The first kappa shape index (κ1) is 13.7. The first-order chi connectivity index (χ1) is 9.30. The molecule has 1 heterocycles. The third kappa shape index (κ3) is 3.00. The third-order valence-corrected chi connectivity index (χ3v) is 3.73. The summed E-state index contributed by atoms with van der Waals surface area (Å²) in [7, 11) is 3.29. The molecular formula is C15H21NO3. The number of amides is 1. The van der Waals surface area contributed by atoms with Crippen LogP contribution in [0.25, 0.3) is 0 Å². The molecule has 1 fully saturated rings. The van der Waals surface area contributed by atoms with Crippen LogP contribution in [0.1, 0.15) is 37.3 Å². The number of methoxy groups -OCH3 is 2. The van der Waals surface area contributed by atoms with Gasteiger partial charge in [-0.15, -0.1) is 0 Å². The highest BCUT2D eigenvalue weighted by Crippen LogP contribution is 2.36. The summed E-state index contributed by atoms with van der Waals surface area (Å²) < 4.78 is 10.7. The van der Waals surface area contributed by atoms with Crippen LogP contribution in [-0.2, 0) is 4.79 Å². The summed E-state index contributed by atoms with van der Waals surface area (Å²) in [6.45, 7) is 0.823. The van der Waals surface area contributed by atoms with Crippen LogP contribution < -0.4 is 9.47 Å². The molecule has 4 heteroatoms. The Morgan fingerprint density at radius 3 is 2.74 bits per heavy atom. The molecule has 1 aliphatic heterocycles. The van der Waals surface area contributed by atoms with Gasteiger partial charge < -0.3 is 14.4 Å². The summed E-state index contributed by atoms with van der Waals surface area (Å²) in [5.41, 5.74) is 1.07. The molecule has 1 atom stereocenters. The Balaban J connectivity index is 2.34. The zero-order chi connectivity index (χ0) is 13.7. The molecule has 0 bridgehead atoms. The van der Waals surface area contributed by atoms with Crippen LogP contribution in [0.15, 0.2) is 18.2 Å². The molecule has 0 saturated carbocycles. The maximum atomic E-state index is 11.3. The number of hydrogen-bond donors (Lipinski definition) is 0. The number of likely N-dealkylation sites (tertiary alicyclic amines) is 1. The van der Waals surface area contributed by atoms with Gasteiger partial charge in [0.05, 0.1) is 20.3 Å². The normalized spacial score (nSPS) is 19.7. The van der Waals surface area contributed by atoms with E-state index in [0.717, 1.165) is 49.3 Å². The molecule has 0 unspecified atom stereocenters. The fourth-order valence-electron chi connectivity index (χ4n) is 2.68. The molecule has 0 aromatic heterocycles. The van der Waals surface area contributed by atoms with E-state index in [-0.39, 0.29) is 6.04 Å². The zero-order valence-electron chi connectivity index (χ0n) is 11.6. The Kier molecular flexibility index (Phi) is 4.66. The quantitative estimate of drug-likeness (QED) is 0.784. The van der Waals surface area contributed by atoms with E-state index in [1.165, 1.54) is 6.42 Å². The van der Waals surface area contributed by atoms with Gasteiger partial charge in [0.1, 0.15) is 11.5 Å². The Morgan fingerprint density at radius 2 is 2.05 bits per heavy atom. The predicted molar refractivity (Wildman–Crippen MR) is 73.5 cm³/mol. The monoisotopic (exact) mass is 263 g/mol. The number of carbonyl (C=O) groups excluding carboxylic acids is 1. The van der Waals surface area contributed by atoms with Crippen LogP contribution in [0.2, 0.25) is 0 Å². The van der Waals surface area contributed by atoms with Crippen molar-refractivity contribution in [2.24, 2.45) is 0 Å². The lowest BCUT2D eigenvalue weighted by Gasteiger charge is -2.27. The zero-order valence-corrected chi connectivity index (χ0v) is 11.6. The van der Waals surface area contributed by atoms with E-state index in [9.17, 15) is 4.79 Å². The van der Waals surface area contributed by atoms with Gasteiger partial charge in [0, 0.05) is 18.2 Å². The van der Waals surface area contributed by atoms with E-state index in [1.807, 2.05) is 23.1 Å². The van der Waals surface area contributed by atoms with Crippen molar-refractivity contribution < 1.29 is 14.3 Å². The molecule has 4 nitrogen and oxygen atoms in total. The molecule has 104 valence electrons. The third-order valence-electron chi connectivity index (χ3n) is 3.73. The molecular weight excluding hydrogens is 242 g/mol. The Hall–Kier alpha value is -1.71. The van der Waals surface area contributed by atoms with Crippen LogP contribution in [0, 0.1) is 0 Å². The van der Waals surface area contributed by atoms with E-state index in [1.54, 1.807) is 14.2 Å². The fraction of sp³-hybridized carbons (Fsp3) is 0.533. The second-order valence-electron chi connectivity index (χ2n) is 4.82. The standard InChI is InChI=1S/C15H21NO3/c1-18-12-7-8-13(15(10-12)19-2)14-6-4-3-5-9-16(14)11-17/h7-8,10-11,14H,3-6,9H2,1-2H3/t14-/m0/s1. The van der Waals surface area contributed by atoms with Crippen LogP contribution in [0.4, 0.5) is 0 Å². The molecule has 1 saturated heterocycles. The fourth-order valence-corrected chi connectivity index (χ4v) is 2.68. The molecule has 1 aliphatic rings. The number of benzene rings is 1. The minimum atomic E-state index is 0.112. The lowest BCUT2D eigenvalue weighted by Crippen LogP contribution is -2.27. The van der Waals surface area contributed by atoms with Crippen LogP contribution in [0.3, 0.4) is 0 Å². The van der Waals surface area contributed by atoms with Crippen molar-refractivity contribution in [2.75, 3.05) is 20.8 Å². The van der Waals surface area contributed by atoms with E-state index in [4.69, 9.17) is 9.47 Å². The van der Waals surface area contributed by atoms with Gasteiger partial charge in [-0.05, 0) is 25.0 Å². The van der Waals surface area contributed by atoms with Crippen molar-refractivity contribution in [1.82, 2.24) is 4.90 Å². The Morgan fingerprint density at radius 1 is 1.21 bits per heavy atom. The van der Waals surface area contributed by atoms with Gasteiger partial charge in [0.25, 0.3) is 0 Å². The van der Waals surface area contributed by atoms with E-state index in [0.29, 0.717) is 0 Å². The summed E-state index contributed by atoms with van der Waals surface area (Å²) in [5, 5.41) is 0. The van der Waals surface area contributed by atoms with Crippen LogP contribution in [-0.4, -0.2) is 32.1 Å². The van der Waals surface area contributed by atoms with E-state index >= 15 is 0 Å².